The van der Waals surface area contributed by atoms with E-state index in [1.807, 2.05) is 12.1 Å². The van der Waals surface area contributed by atoms with E-state index < -0.39 is 24.4 Å². The molecule has 148 valence electrons. The Morgan fingerprint density at radius 2 is 1.79 bits per heavy atom. The Kier molecular flexibility index (Phi) is 8.48. The number of carbonyl (C=O) groups is 3. The second kappa shape index (κ2) is 11.3. The smallest absolute Gasteiger partial charge is 0.355 e. The molecule has 0 aliphatic rings. The molecule has 0 aliphatic carbocycles. The van der Waals surface area contributed by atoms with Gasteiger partial charge in [0.25, 0.3) is 5.91 Å². The van der Waals surface area contributed by atoms with Gasteiger partial charge in [-0.1, -0.05) is 42.5 Å². The second-order valence-corrected chi connectivity index (χ2v) is 6.73. The lowest BCUT2D eigenvalue weighted by Gasteiger charge is -2.11. The maximum Gasteiger partial charge on any atom is 0.355 e. The summed E-state index contributed by atoms with van der Waals surface area (Å²) in [6.45, 7) is 0.746. The van der Waals surface area contributed by atoms with Crippen LogP contribution in [0.4, 0.5) is 5.69 Å². The number of para-hydroxylation sites is 1. The van der Waals surface area contributed by atoms with Gasteiger partial charge in [0.05, 0.1) is 17.5 Å². The molecule has 0 spiro atoms. The molecule has 0 radical (unpaired) electrons. The zero-order valence-corrected chi connectivity index (χ0v) is 16.5. The molecule has 0 saturated carbocycles. The molecule has 0 bridgehead atoms. The van der Waals surface area contributed by atoms with Crippen LogP contribution in [0.25, 0.3) is 6.08 Å². The normalized spacial score (nSPS) is 10.6. The number of anilines is 1. The molecule has 2 amide bonds. The molecule has 0 fully saturated rings. The van der Waals surface area contributed by atoms with E-state index in [4.69, 9.17) is 10.00 Å². The van der Waals surface area contributed by atoms with Crippen molar-refractivity contribution in [2.24, 2.45) is 0 Å². The van der Waals surface area contributed by atoms with Crippen LogP contribution in [-0.4, -0.2) is 30.1 Å². The summed E-state index contributed by atoms with van der Waals surface area (Å²) >= 11 is 1.29. The Bertz CT molecular complexity index is 952. The van der Waals surface area contributed by atoms with Gasteiger partial charge in [-0.25, -0.2) is 4.79 Å². The number of hydrogen-bond donors (Lipinski definition) is 2. The SMILES string of the molecule is CC(=O)NC(=Cc1ccccc1)C(=O)OCC(=O)Nc1ccccc1SCC#N. The zero-order valence-electron chi connectivity index (χ0n) is 15.7. The molecular weight excluding hydrogens is 390 g/mol. The van der Waals surface area contributed by atoms with Crippen molar-refractivity contribution < 1.29 is 19.1 Å². The van der Waals surface area contributed by atoms with E-state index in [2.05, 4.69) is 10.6 Å². The van der Waals surface area contributed by atoms with E-state index in [0.717, 1.165) is 4.90 Å². The number of benzene rings is 2. The molecule has 0 saturated heterocycles. The molecule has 2 aromatic rings. The molecule has 8 heteroatoms. The van der Waals surface area contributed by atoms with Gasteiger partial charge >= 0.3 is 5.97 Å². The summed E-state index contributed by atoms with van der Waals surface area (Å²) in [6, 6.07) is 18.0. The molecule has 0 aliphatic heterocycles. The monoisotopic (exact) mass is 409 g/mol. The molecule has 2 rings (SSSR count). The van der Waals surface area contributed by atoms with E-state index in [-0.39, 0.29) is 11.4 Å². The number of hydrogen-bond acceptors (Lipinski definition) is 6. The first-order chi connectivity index (χ1) is 14.0. The summed E-state index contributed by atoms with van der Waals surface area (Å²) in [5.74, 6) is -1.56. The first-order valence-electron chi connectivity index (χ1n) is 8.59. The Balaban J connectivity index is 2.01. The quantitative estimate of drug-likeness (QED) is 0.394. The summed E-state index contributed by atoms with van der Waals surface area (Å²) in [7, 11) is 0. The minimum Gasteiger partial charge on any atom is -0.451 e. The molecule has 2 aromatic carbocycles. The van der Waals surface area contributed by atoms with Crippen LogP contribution >= 0.6 is 11.8 Å². The summed E-state index contributed by atoms with van der Waals surface area (Å²) < 4.78 is 5.04. The maximum atomic E-state index is 12.3. The molecule has 0 unspecified atom stereocenters. The van der Waals surface area contributed by atoms with E-state index in [1.54, 1.807) is 48.5 Å². The summed E-state index contributed by atoms with van der Waals surface area (Å²) in [4.78, 5) is 36.6. The summed E-state index contributed by atoms with van der Waals surface area (Å²) in [6.07, 6.45) is 1.47. The number of nitrogens with one attached hydrogen (secondary N) is 2. The predicted octanol–water partition coefficient (Wildman–Crippen LogP) is 2.96. The van der Waals surface area contributed by atoms with Crippen molar-refractivity contribution in [3.63, 3.8) is 0 Å². The Morgan fingerprint density at radius 3 is 2.48 bits per heavy atom. The van der Waals surface area contributed by atoms with Crippen LogP contribution in [0.15, 0.2) is 65.2 Å². The van der Waals surface area contributed by atoms with Gasteiger partial charge in [-0.05, 0) is 23.8 Å². The van der Waals surface area contributed by atoms with Crippen LogP contribution in [0.3, 0.4) is 0 Å². The summed E-state index contributed by atoms with van der Waals surface area (Å²) in [5.41, 5.74) is 1.15. The van der Waals surface area contributed by atoms with E-state index in [0.29, 0.717) is 11.3 Å². The number of nitrogens with zero attached hydrogens (tertiary/aromatic N) is 1. The average Bonchev–Trinajstić information content (AvgIpc) is 2.71. The number of esters is 1. The fraction of sp³-hybridized carbons (Fsp3) is 0.143. The molecule has 29 heavy (non-hydrogen) atoms. The lowest BCUT2D eigenvalue weighted by molar-refractivity contribution is -0.144. The number of thioether (sulfide) groups is 1. The van der Waals surface area contributed by atoms with E-state index in [9.17, 15) is 14.4 Å². The van der Waals surface area contributed by atoms with Gasteiger partial charge in [-0.2, -0.15) is 5.26 Å². The van der Waals surface area contributed by atoms with Gasteiger partial charge in [0.15, 0.2) is 6.61 Å². The van der Waals surface area contributed by atoms with E-state index >= 15 is 0 Å². The Morgan fingerprint density at radius 1 is 1.10 bits per heavy atom. The lowest BCUT2D eigenvalue weighted by atomic mass is 10.2. The Hall–Kier alpha value is -3.57. The fourth-order valence-corrected chi connectivity index (χ4v) is 2.92. The van der Waals surface area contributed by atoms with Crippen LogP contribution < -0.4 is 10.6 Å². The highest BCUT2D eigenvalue weighted by molar-refractivity contribution is 7.99. The van der Waals surface area contributed by atoms with Crippen LogP contribution in [0.1, 0.15) is 12.5 Å². The van der Waals surface area contributed by atoms with Gasteiger partial charge in [0, 0.05) is 11.8 Å². The Labute approximate surface area is 172 Å². The largest absolute Gasteiger partial charge is 0.451 e. The van der Waals surface area contributed by atoms with Crippen molar-refractivity contribution in [2.75, 3.05) is 17.7 Å². The topological polar surface area (TPSA) is 108 Å². The third-order valence-electron chi connectivity index (χ3n) is 3.43. The molecule has 2 N–H and O–H groups in total. The van der Waals surface area contributed by atoms with Crippen LogP contribution in [-0.2, 0) is 19.1 Å². The van der Waals surface area contributed by atoms with Crippen molar-refractivity contribution >= 4 is 41.3 Å². The third kappa shape index (κ3) is 7.52. The molecular formula is C21H19N3O4S. The highest BCUT2D eigenvalue weighted by Gasteiger charge is 2.15. The maximum absolute atomic E-state index is 12.3. The van der Waals surface area contributed by atoms with E-state index in [1.165, 1.54) is 24.8 Å². The first kappa shape index (κ1) is 21.7. The first-order valence-corrected chi connectivity index (χ1v) is 9.58. The van der Waals surface area contributed by atoms with Crippen molar-refractivity contribution in [3.8, 4) is 6.07 Å². The standard InChI is InChI=1S/C21H19N3O4S/c1-15(25)23-18(13-16-7-3-2-4-8-16)21(27)28-14-20(26)24-17-9-5-6-10-19(17)29-12-11-22/h2-10,13H,12,14H2,1H3,(H,23,25)(H,24,26). The number of rotatable bonds is 8. The molecule has 0 atom stereocenters. The second-order valence-electron chi connectivity index (χ2n) is 5.72. The minimum atomic E-state index is -0.827. The van der Waals surface area contributed by atoms with Crippen molar-refractivity contribution in [1.82, 2.24) is 5.32 Å². The number of nitriles is 1. The van der Waals surface area contributed by atoms with Gasteiger partial charge in [0.1, 0.15) is 5.70 Å². The van der Waals surface area contributed by atoms with Gasteiger partial charge < -0.3 is 15.4 Å². The van der Waals surface area contributed by atoms with Gasteiger partial charge in [-0.3, -0.25) is 9.59 Å². The number of ether oxygens (including phenoxy) is 1. The minimum absolute atomic E-state index is 0.0681. The van der Waals surface area contributed by atoms with Crippen molar-refractivity contribution in [3.05, 3.63) is 65.9 Å². The van der Waals surface area contributed by atoms with Gasteiger partial charge in [0.2, 0.25) is 5.91 Å². The van der Waals surface area contributed by atoms with Crippen LogP contribution in [0.5, 0.6) is 0 Å². The number of amides is 2. The summed E-state index contributed by atoms with van der Waals surface area (Å²) in [5, 5.41) is 13.8. The zero-order chi connectivity index (χ0) is 21.1. The molecule has 7 nitrogen and oxygen atoms in total. The highest BCUT2D eigenvalue weighted by Crippen LogP contribution is 2.26. The van der Waals surface area contributed by atoms with Crippen LogP contribution in [0, 0.1) is 11.3 Å². The molecule has 0 aromatic heterocycles. The lowest BCUT2D eigenvalue weighted by Crippen LogP contribution is -2.29. The van der Waals surface area contributed by atoms with Crippen LogP contribution in [0.2, 0.25) is 0 Å². The van der Waals surface area contributed by atoms with Crippen molar-refractivity contribution in [2.45, 2.75) is 11.8 Å². The van der Waals surface area contributed by atoms with Gasteiger partial charge in [-0.15, -0.1) is 11.8 Å². The predicted molar refractivity (Wildman–Crippen MR) is 111 cm³/mol. The third-order valence-corrected chi connectivity index (χ3v) is 4.37. The van der Waals surface area contributed by atoms with Crippen molar-refractivity contribution in [1.29, 1.82) is 5.26 Å². The number of carbonyl (C=O) groups excluding carboxylic acids is 3. The fourth-order valence-electron chi connectivity index (χ4n) is 2.25. The average molecular weight is 409 g/mol. The molecule has 0 heterocycles. The highest BCUT2D eigenvalue weighted by atomic mass is 32.2.